The highest BCUT2D eigenvalue weighted by Crippen LogP contribution is 2.21. The van der Waals surface area contributed by atoms with Gasteiger partial charge in [0.05, 0.1) is 5.56 Å². The molecule has 0 saturated heterocycles. The van der Waals surface area contributed by atoms with Crippen LogP contribution in [0.25, 0.3) is 0 Å². The Bertz CT molecular complexity index is 550. The molecule has 2 nitrogen and oxygen atoms in total. The van der Waals surface area contributed by atoms with Crippen LogP contribution in [0.3, 0.4) is 0 Å². The van der Waals surface area contributed by atoms with E-state index < -0.39 is 0 Å². The highest BCUT2D eigenvalue weighted by atomic mass is 127. The number of benzene rings is 2. The second kappa shape index (κ2) is 6.00. The molecule has 18 heavy (non-hydrogen) atoms. The third-order valence-corrected chi connectivity index (χ3v) is 3.67. The topological polar surface area (TPSA) is 26.3 Å². The van der Waals surface area contributed by atoms with Gasteiger partial charge in [0.2, 0.25) is 0 Å². The van der Waals surface area contributed by atoms with Crippen LogP contribution in [0.4, 0.5) is 0 Å². The molecule has 0 amide bonds. The minimum Gasteiger partial charge on any atom is -0.423 e. The van der Waals surface area contributed by atoms with Gasteiger partial charge >= 0.3 is 5.97 Å². The summed E-state index contributed by atoms with van der Waals surface area (Å²) in [5.74, 6) is 0.278. The SMILES string of the molecule is CCc1cc(OC(=O)c2ccccc2)ccc1I. The lowest BCUT2D eigenvalue weighted by Crippen LogP contribution is -2.08. The van der Waals surface area contributed by atoms with Crippen molar-refractivity contribution in [2.45, 2.75) is 13.3 Å². The van der Waals surface area contributed by atoms with E-state index in [2.05, 4.69) is 29.5 Å². The highest BCUT2D eigenvalue weighted by molar-refractivity contribution is 14.1. The number of halogens is 1. The largest absolute Gasteiger partial charge is 0.423 e. The molecule has 0 bridgehead atoms. The Kier molecular flexibility index (Phi) is 4.36. The Morgan fingerprint density at radius 1 is 1.17 bits per heavy atom. The summed E-state index contributed by atoms with van der Waals surface area (Å²) < 4.78 is 6.55. The zero-order valence-corrected chi connectivity index (χ0v) is 12.2. The Labute approximate surface area is 120 Å². The Hall–Kier alpha value is -1.36. The van der Waals surface area contributed by atoms with Crippen LogP contribution in [-0.4, -0.2) is 5.97 Å². The maximum absolute atomic E-state index is 11.9. The number of ether oxygens (including phenoxy) is 1. The van der Waals surface area contributed by atoms with Crippen molar-refractivity contribution in [1.82, 2.24) is 0 Å². The monoisotopic (exact) mass is 352 g/mol. The molecule has 92 valence electrons. The maximum atomic E-state index is 11.9. The minimum atomic E-state index is -0.320. The zero-order chi connectivity index (χ0) is 13.0. The number of carbonyl (C=O) groups is 1. The second-order valence-electron chi connectivity index (χ2n) is 3.86. The summed E-state index contributed by atoms with van der Waals surface area (Å²) in [5.41, 5.74) is 1.75. The molecule has 0 saturated carbocycles. The molecule has 0 heterocycles. The molecule has 2 aromatic carbocycles. The number of esters is 1. The summed E-state index contributed by atoms with van der Waals surface area (Å²) in [5, 5.41) is 0. The number of aryl methyl sites for hydroxylation is 1. The smallest absolute Gasteiger partial charge is 0.343 e. The fourth-order valence-electron chi connectivity index (χ4n) is 1.63. The first-order valence-corrected chi connectivity index (χ1v) is 6.84. The van der Waals surface area contributed by atoms with Gasteiger partial charge in [0.15, 0.2) is 0 Å². The van der Waals surface area contributed by atoms with Crippen LogP contribution in [0.5, 0.6) is 5.75 Å². The number of rotatable bonds is 3. The van der Waals surface area contributed by atoms with E-state index in [-0.39, 0.29) is 5.97 Å². The van der Waals surface area contributed by atoms with Gasteiger partial charge in [-0.15, -0.1) is 0 Å². The van der Waals surface area contributed by atoms with Crippen molar-refractivity contribution < 1.29 is 9.53 Å². The maximum Gasteiger partial charge on any atom is 0.343 e. The first-order valence-electron chi connectivity index (χ1n) is 5.76. The van der Waals surface area contributed by atoms with Crippen molar-refractivity contribution in [2.24, 2.45) is 0 Å². The van der Waals surface area contributed by atoms with Gasteiger partial charge in [-0.3, -0.25) is 0 Å². The van der Waals surface area contributed by atoms with E-state index in [1.165, 1.54) is 9.13 Å². The van der Waals surface area contributed by atoms with Gasteiger partial charge in [-0.1, -0.05) is 25.1 Å². The van der Waals surface area contributed by atoms with Crippen LogP contribution >= 0.6 is 22.6 Å². The Balaban J connectivity index is 2.17. The van der Waals surface area contributed by atoms with E-state index in [0.29, 0.717) is 11.3 Å². The van der Waals surface area contributed by atoms with Gasteiger partial charge in [0.25, 0.3) is 0 Å². The first-order chi connectivity index (χ1) is 8.70. The summed E-state index contributed by atoms with van der Waals surface area (Å²) in [6.45, 7) is 2.08. The highest BCUT2D eigenvalue weighted by Gasteiger charge is 2.08. The van der Waals surface area contributed by atoms with Crippen LogP contribution in [0.2, 0.25) is 0 Å². The van der Waals surface area contributed by atoms with Crippen molar-refractivity contribution in [3.05, 3.63) is 63.2 Å². The normalized spacial score (nSPS) is 10.1. The molecule has 3 heteroatoms. The summed E-state index contributed by atoms with van der Waals surface area (Å²) in [7, 11) is 0. The zero-order valence-electron chi connectivity index (χ0n) is 10.0. The lowest BCUT2D eigenvalue weighted by Gasteiger charge is -2.07. The van der Waals surface area contributed by atoms with E-state index in [9.17, 15) is 4.79 Å². The third kappa shape index (κ3) is 3.10. The lowest BCUT2D eigenvalue weighted by molar-refractivity contribution is 0.0734. The predicted molar refractivity (Wildman–Crippen MR) is 79.9 cm³/mol. The van der Waals surface area contributed by atoms with Gasteiger partial charge in [0.1, 0.15) is 5.75 Å². The van der Waals surface area contributed by atoms with Gasteiger partial charge < -0.3 is 4.74 Å². The van der Waals surface area contributed by atoms with Crippen molar-refractivity contribution in [3.8, 4) is 5.75 Å². The van der Waals surface area contributed by atoms with Crippen LogP contribution in [0.1, 0.15) is 22.8 Å². The van der Waals surface area contributed by atoms with Crippen LogP contribution < -0.4 is 4.74 Å². The average Bonchev–Trinajstić information content (AvgIpc) is 2.42. The second-order valence-corrected chi connectivity index (χ2v) is 5.02. The quantitative estimate of drug-likeness (QED) is 0.473. The van der Waals surface area contributed by atoms with Gasteiger partial charge in [-0.2, -0.15) is 0 Å². The average molecular weight is 352 g/mol. The molecule has 0 radical (unpaired) electrons. The summed E-state index contributed by atoms with van der Waals surface area (Å²) in [6, 6.07) is 14.7. The molecule has 0 aliphatic heterocycles. The van der Waals surface area contributed by atoms with E-state index in [0.717, 1.165) is 6.42 Å². The number of hydrogen-bond donors (Lipinski definition) is 0. The fourth-order valence-corrected chi connectivity index (χ4v) is 2.34. The molecule has 0 spiro atoms. The van der Waals surface area contributed by atoms with Crippen molar-refractivity contribution >= 4 is 28.6 Å². The summed E-state index contributed by atoms with van der Waals surface area (Å²) in [4.78, 5) is 11.9. The molecular formula is C15H13IO2. The molecule has 0 atom stereocenters. The Morgan fingerprint density at radius 2 is 1.89 bits per heavy atom. The van der Waals surface area contributed by atoms with Gasteiger partial charge in [0, 0.05) is 3.57 Å². The molecule has 0 aliphatic carbocycles. The number of hydrogen-bond acceptors (Lipinski definition) is 2. The predicted octanol–water partition coefficient (Wildman–Crippen LogP) is 4.07. The molecule has 0 fully saturated rings. The summed E-state index contributed by atoms with van der Waals surface area (Å²) >= 11 is 2.28. The van der Waals surface area contributed by atoms with Crippen LogP contribution in [0.15, 0.2) is 48.5 Å². The molecule has 2 rings (SSSR count). The molecule has 0 aliphatic rings. The standard InChI is InChI=1S/C15H13IO2/c1-2-11-10-13(8-9-14(11)16)18-15(17)12-6-4-3-5-7-12/h3-10H,2H2,1H3. The van der Waals surface area contributed by atoms with Crippen molar-refractivity contribution in [2.75, 3.05) is 0 Å². The molecule has 2 aromatic rings. The molecule has 0 unspecified atom stereocenters. The van der Waals surface area contributed by atoms with Crippen LogP contribution in [-0.2, 0) is 6.42 Å². The van der Waals surface area contributed by atoms with Gasteiger partial charge in [-0.05, 0) is 64.9 Å². The lowest BCUT2D eigenvalue weighted by atomic mass is 10.1. The van der Waals surface area contributed by atoms with E-state index in [4.69, 9.17) is 4.74 Å². The van der Waals surface area contributed by atoms with E-state index >= 15 is 0 Å². The van der Waals surface area contributed by atoms with Crippen molar-refractivity contribution in [3.63, 3.8) is 0 Å². The minimum absolute atomic E-state index is 0.320. The van der Waals surface area contributed by atoms with E-state index in [1.807, 2.05) is 36.4 Å². The first kappa shape index (κ1) is 13.1. The Morgan fingerprint density at radius 3 is 2.56 bits per heavy atom. The van der Waals surface area contributed by atoms with E-state index in [1.54, 1.807) is 12.1 Å². The van der Waals surface area contributed by atoms with Gasteiger partial charge in [-0.25, -0.2) is 4.79 Å². The summed E-state index contributed by atoms with van der Waals surface area (Å²) in [6.07, 6.45) is 0.926. The molecule has 0 aromatic heterocycles. The molecule has 0 N–H and O–H groups in total. The molecular weight excluding hydrogens is 339 g/mol. The fraction of sp³-hybridized carbons (Fsp3) is 0.133. The van der Waals surface area contributed by atoms with Crippen LogP contribution in [0, 0.1) is 3.57 Å². The van der Waals surface area contributed by atoms with Crippen molar-refractivity contribution in [1.29, 1.82) is 0 Å². The third-order valence-electron chi connectivity index (χ3n) is 2.62. The number of carbonyl (C=O) groups excluding carboxylic acids is 1.